The summed E-state index contributed by atoms with van der Waals surface area (Å²) in [6.45, 7) is 0. The first-order valence-electron chi connectivity index (χ1n) is 9.29. The molecule has 3 aromatic rings. The number of hydrogen-bond acceptors (Lipinski definition) is 7. The van der Waals surface area contributed by atoms with Crippen LogP contribution in [0.25, 0.3) is 0 Å². The van der Waals surface area contributed by atoms with Crippen molar-refractivity contribution in [1.29, 1.82) is 0 Å². The number of rotatable bonds is 8. The van der Waals surface area contributed by atoms with Gasteiger partial charge in [0, 0.05) is 4.47 Å². The lowest BCUT2D eigenvalue weighted by atomic mass is 10.2. The van der Waals surface area contributed by atoms with Gasteiger partial charge in [-0.15, -0.1) is 0 Å². The molecule has 1 amide bonds. The second-order valence-electron chi connectivity index (χ2n) is 6.43. The first-order chi connectivity index (χ1) is 15.7. The van der Waals surface area contributed by atoms with E-state index in [0.717, 1.165) is 0 Å². The van der Waals surface area contributed by atoms with Crippen LogP contribution in [0.3, 0.4) is 0 Å². The fraction of sp³-hybridized carbons (Fsp3) is 0.0909. The van der Waals surface area contributed by atoms with Gasteiger partial charge in [-0.05, 0) is 48.0 Å². The first-order valence-corrected chi connectivity index (χ1v) is 11.9. The average molecular weight is 554 g/mol. The number of carbonyl (C=O) groups excluding carboxylic acids is 1. The lowest BCUT2D eigenvalue weighted by Gasteiger charge is -2.13. The SMILES string of the molecule is COc1ccc(Br)cc1C(=O)N/N=C\c1cc(Cl)c(OS(=O)(=O)c2ccccc2)c(OC)c1. The van der Waals surface area contributed by atoms with E-state index in [0.29, 0.717) is 15.8 Å². The van der Waals surface area contributed by atoms with E-state index < -0.39 is 16.0 Å². The topological polar surface area (TPSA) is 103 Å². The van der Waals surface area contributed by atoms with E-state index >= 15 is 0 Å². The van der Waals surface area contributed by atoms with Crippen molar-refractivity contribution in [2.45, 2.75) is 4.90 Å². The molecule has 0 aliphatic carbocycles. The number of amides is 1. The lowest BCUT2D eigenvalue weighted by Crippen LogP contribution is -2.18. The number of hydrazone groups is 1. The normalized spacial score (nSPS) is 11.3. The highest BCUT2D eigenvalue weighted by atomic mass is 79.9. The van der Waals surface area contributed by atoms with E-state index in [4.69, 9.17) is 25.3 Å². The van der Waals surface area contributed by atoms with E-state index in [1.807, 2.05) is 0 Å². The minimum atomic E-state index is -4.12. The minimum Gasteiger partial charge on any atom is -0.496 e. The summed E-state index contributed by atoms with van der Waals surface area (Å²) in [4.78, 5) is 12.4. The van der Waals surface area contributed by atoms with Crippen LogP contribution in [0, 0.1) is 0 Å². The molecule has 0 unspecified atom stereocenters. The van der Waals surface area contributed by atoms with Gasteiger partial charge in [0.15, 0.2) is 5.75 Å². The van der Waals surface area contributed by atoms with Crippen LogP contribution in [-0.4, -0.2) is 34.8 Å². The Bertz CT molecular complexity index is 1300. The lowest BCUT2D eigenvalue weighted by molar-refractivity contribution is 0.0952. The van der Waals surface area contributed by atoms with Crippen LogP contribution in [0.1, 0.15) is 15.9 Å². The zero-order valence-corrected chi connectivity index (χ0v) is 20.6. The third kappa shape index (κ3) is 6.04. The molecular formula is C22H18BrClN2O6S. The van der Waals surface area contributed by atoms with Crippen molar-refractivity contribution in [3.8, 4) is 17.2 Å². The molecule has 0 aliphatic rings. The largest absolute Gasteiger partial charge is 0.496 e. The number of hydrogen-bond donors (Lipinski definition) is 1. The molecule has 0 bridgehead atoms. The highest BCUT2D eigenvalue weighted by Crippen LogP contribution is 2.38. The number of benzene rings is 3. The van der Waals surface area contributed by atoms with E-state index in [1.54, 1.807) is 36.4 Å². The quantitative estimate of drug-likeness (QED) is 0.247. The number of ether oxygens (including phenoxy) is 2. The van der Waals surface area contributed by atoms with Crippen molar-refractivity contribution in [1.82, 2.24) is 5.43 Å². The molecule has 3 aromatic carbocycles. The molecule has 0 atom stereocenters. The van der Waals surface area contributed by atoms with Gasteiger partial charge in [0.1, 0.15) is 10.6 Å². The second kappa shape index (κ2) is 10.7. The molecule has 0 heterocycles. The molecule has 0 aromatic heterocycles. The molecule has 0 spiro atoms. The summed E-state index contributed by atoms with van der Waals surface area (Å²) < 4.78 is 41.4. The Labute approximate surface area is 204 Å². The van der Waals surface area contributed by atoms with Crippen LogP contribution in [-0.2, 0) is 10.1 Å². The zero-order chi connectivity index (χ0) is 24.0. The Hall–Kier alpha value is -3.08. The molecule has 0 fully saturated rings. The van der Waals surface area contributed by atoms with Crippen molar-refractivity contribution in [3.63, 3.8) is 0 Å². The molecule has 8 nitrogen and oxygen atoms in total. The number of nitrogens with one attached hydrogen (secondary N) is 1. The summed E-state index contributed by atoms with van der Waals surface area (Å²) in [6.07, 6.45) is 1.33. The van der Waals surface area contributed by atoms with Gasteiger partial charge < -0.3 is 13.7 Å². The van der Waals surface area contributed by atoms with Gasteiger partial charge >= 0.3 is 10.1 Å². The number of nitrogens with zero attached hydrogens (tertiary/aromatic N) is 1. The van der Waals surface area contributed by atoms with Gasteiger partial charge in [0.05, 0.1) is 31.0 Å². The molecule has 0 saturated heterocycles. The van der Waals surface area contributed by atoms with E-state index in [2.05, 4.69) is 26.5 Å². The van der Waals surface area contributed by atoms with E-state index in [9.17, 15) is 13.2 Å². The van der Waals surface area contributed by atoms with Gasteiger partial charge in [-0.1, -0.05) is 45.7 Å². The summed E-state index contributed by atoms with van der Waals surface area (Å²) in [7, 11) is -1.32. The minimum absolute atomic E-state index is 0.0182. The molecule has 0 saturated carbocycles. The molecule has 3 rings (SSSR count). The number of halogens is 2. The van der Waals surface area contributed by atoms with Crippen LogP contribution < -0.4 is 19.1 Å². The van der Waals surface area contributed by atoms with Crippen LogP contribution in [0.15, 0.2) is 75.1 Å². The molecule has 0 aliphatic heterocycles. The standard InChI is InChI=1S/C22H18BrClN2O6S/c1-30-19-9-8-15(23)12-17(19)22(27)26-25-13-14-10-18(24)21(20(11-14)31-2)32-33(28,29)16-6-4-3-5-7-16/h3-13H,1-2H3,(H,26,27)/b25-13-. The zero-order valence-electron chi connectivity index (χ0n) is 17.4. The predicted octanol–water partition coefficient (Wildman–Crippen LogP) is 4.65. The summed E-state index contributed by atoms with van der Waals surface area (Å²) in [6, 6.07) is 15.5. The summed E-state index contributed by atoms with van der Waals surface area (Å²) >= 11 is 9.57. The number of methoxy groups -OCH3 is 2. The van der Waals surface area contributed by atoms with Gasteiger partial charge in [-0.3, -0.25) is 4.79 Å². The molecule has 0 radical (unpaired) electrons. The molecule has 1 N–H and O–H groups in total. The van der Waals surface area contributed by atoms with Crippen molar-refractivity contribution < 1.29 is 26.9 Å². The maximum Gasteiger partial charge on any atom is 0.339 e. The highest BCUT2D eigenvalue weighted by molar-refractivity contribution is 9.10. The van der Waals surface area contributed by atoms with Gasteiger partial charge in [-0.25, -0.2) is 5.43 Å². The van der Waals surface area contributed by atoms with Gasteiger partial charge in [0.2, 0.25) is 5.75 Å². The predicted molar refractivity (Wildman–Crippen MR) is 128 cm³/mol. The Morgan fingerprint density at radius 3 is 2.39 bits per heavy atom. The van der Waals surface area contributed by atoms with Crippen molar-refractivity contribution in [2.75, 3.05) is 14.2 Å². The van der Waals surface area contributed by atoms with Crippen LogP contribution in [0.5, 0.6) is 17.2 Å². The fourth-order valence-corrected chi connectivity index (χ4v) is 4.37. The summed E-state index contributed by atoms with van der Waals surface area (Å²) in [5.41, 5.74) is 3.12. The van der Waals surface area contributed by atoms with E-state index in [-0.39, 0.29) is 27.0 Å². The fourth-order valence-electron chi connectivity index (χ4n) is 2.72. The molecule has 11 heteroatoms. The van der Waals surface area contributed by atoms with Crippen LogP contribution >= 0.6 is 27.5 Å². The Balaban J connectivity index is 1.80. The third-order valence-corrected chi connectivity index (χ3v) is 6.27. The van der Waals surface area contributed by atoms with E-state index in [1.165, 1.54) is 44.7 Å². The Morgan fingerprint density at radius 1 is 1.03 bits per heavy atom. The van der Waals surface area contributed by atoms with Crippen LogP contribution in [0.2, 0.25) is 5.02 Å². The van der Waals surface area contributed by atoms with Crippen molar-refractivity contribution >= 4 is 49.8 Å². The second-order valence-corrected chi connectivity index (χ2v) is 9.30. The van der Waals surface area contributed by atoms with Gasteiger partial charge in [-0.2, -0.15) is 13.5 Å². The average Bonchev–Trinajstić information content (AvgIpc) is 2.81. The highest BCUT2D eigenvalue weighted by Gasteiger charge is 2.22. The Kier molecular flexibility index (Phi) is 7.96. The smallest absolute Gasteiger partial charge is 0.339 e. The van der Waals surface area contributed by atoms with Crippen molar-refractivity contribution in [2.24, 2.45) is 5.10 Å². The molecule has 33 heavy (non-hydrogen) atoms. The van der Waals surface area contributed by atoms with Crippen molar-refractivity contribution in [3.05, 3.63) is 81.3 Å². The monoisotopic (exact) mass is 552 g/mol. The maximum absolute atomic E-state index is 12.5. The van der Waals surface area contributed by atoms with Crippen LogP contribution in [0.4, 0.5) is 0 Å². The third-order valence-electron chi connectivity index (χ3n) is 4.26. The number of carbonyl (C=O) groups is 1. The summed E-state index contributed by atoms with van der Waals surface area (Å²) in [5, 5.41) is 3.90. The molecular weight excluding hydrogens is 536 g/mol. The Morgan fingerprint density at radius 2 is 1.73 bits per heavy atom. The summed E-state index contributed by atoms with van der Waals surface area (Å²) in [5.74, 6) is -0.195. The first kappa shape index (κ1) is 24.6. The maximum atomic E-state index is 12.5. The van der Waals surface area contributed by atoms with Gasteiger partial charge in [0.25, 0.3) is 5.91 Å². The molecule has 172 valence electrons.